The van der Waals surface area contributed by atoms with E-state index in [0.717, 1.165) is 48.0 Å². The van der Waals surface area contributed by atoms with Gasteiger partial charge in [0.15, 0.2) is 11.0 Å². The molecule has 0 unspecified atom stereocenters. The molecule has 3 heterocycles. The van der Waals surface area contributed by atoms with Gasteiger partial charge in [-0.3, -0.25) is 4.90 Å². The number of phenols is 1. The van der Waals surface area contributed by atoms with Crippen molar-refractivity contribution in [3.05, 3.63) is 95.6 Å². The maximum Gasteiger partial charge on any atom is 0.186 e. The van der Waals surface area contributed by atoms with Gasteiger partial charge in [-0.1, -0.05) is 47.7 Å². The summed E-state index contributed by atoms with van der Waals surface area (Å²) in [5.74, 6) is 0.645. The van der Waals surface area contributed by atoms with Crippen LogP contribution in [0.1, 0.15) is 23.0 Å². The minimum absolute atomic E-state index is 0.196. The molecule has 0 bridgehead atoms. The van der Waals surface area contributed by atoms with E-state index in [9.17, 15) is 9.50 Å². The third-order valence-electron chi connectivity index (χ3n) is 6.49. The molecule has 1 aliphatic rings. The summed E-state index contributed by atoms with van der Waals surface area (Å²) in [4.78, 5) is 9.52. The number of benzene rings is 3. The Balaban J connectivity index is 1.27. The van der Waals surface area contributed by atoms with E-state index >= 15 is 0 Å². The van der Waals surface area contributed by atoms with Crippen LogP contribution in [0.2, 0.25) is 0 Å². The fourth-order valence-corrected chi connectivity index (χ4v) is 5.65. The lowest BCUT2D eigenvalue weighted by Gasteiger charge is -2.38. The standard InChI is InChI=1S/C26H24FN7OS/c27-20-9-5-18(6-10-20)17-34-25(29-30-31-34)24(19-7-11-21(35)12-8-19)32-13-15-33(16-14-32)26-28-22-3-1-2-4-23(22)36-26/h1-12,24,35H,13-17H2/t24-/m0/s1. The fourth-order valence-electron chi connectivity index (χ4n) is 4.63. The molecule has 0 amide bonds. The highest BCUT2D eigenvalue weighted by Gasteiger charge is 2.31. The number of nitrogens with zero attached hydrogens (tertiary/aromatic N) is 7. The summed E-state index contributed by atoms with van der Waals surface area (Å²) < 4.78 is 16.4. The van der Waals surface area contributed by atoms with Gasteiger partial charge in [-0.05, 0) is 58.0 Å². The Morgan fingerprint density at radius 1 is 0.917 bits per heavy atom. The van der Waals surface area contributed by atoms with Crippen LogP contribution < -0.4 is 4.90 Å². The molecule has 36 heavy (non-hydrogen) atoms. The molecule has 10 heteroatoms. The van der Waals surface area contributed by atoms with Crippen molar-refractivity contribution < 1.29 is 9.50 Å². The summed E-state index contributed by atoms with van der Waals surface area (Å²) in [6, 6.07) is 21.6. The molecule has 0 aliphatic carbocycles. The monoisotopic (exact) mass is 501 g/mol. The number of hydrogen-bond donors (Lipinski definition) is 1. The number of fused-ring (bicyclic) bond motifs is 1. The number of aromatic nitrogens is 5. The minimum atomic E-state index is -0.274. The summed E-state index contributed by atoms with van der Waals surface area (Å²) in [5, 5.41) is 23.5. The first-order chi connectivity index (χ1) is 17.6. The minimum Gasteiger partial charge on any atom is -0.508 e. The van der Waals surface area contributed by atoms with Crippen LogP contribution in [0.25, 0.3) is 10.2 Å². The molecular weight excluding hydrogens is 477 g/mol. The first-order valence-electron chi connectivity index (χ1n) is 11.8. The third kappa shape index (κ3) is 4.52. The van der Waals surface area contributed by atoms with Crippen LogP contribution in [0.5, 0.6) is 5.75 Å². The van der Waals surface area contributed by atoms with Crippen molar-refractivity contribution >= 4 is 26.7 Å². The Morgan fingerprint density at radius 2 is 1.67 bits per heavy atom. The van der Waals surface area contributed by atoms with Crippen molar-refractivity contribution in [2.24, 2.45) is 0 Å². The van der Waals surface area contributed by atoms with Crippen LogP contribution in [-0.4, -0.2) is 61.4 Å². The van der Waals surface area contributed by atoms with Gasteiger partial charge >= 0.3 is 0 Å². The summed E-state index contributed by atoms with van der Waals surface area (Å²) >= 11 is 1.72. The van der Waals surface area contributed by atoms with Gasteiger partial charge in [-0.2, -0.15) is 0 Å². The summed E-state index contributed by atoms with van der Waals surface area (Å²) in [5.41, 5.74) is 2.94. The lowest BCUT2D eigenvalue weighted by atomic mass is 10.0. The molecule has 1 atom stereocenters. The van der Waals surface area contributed by atoms with Crippen molar-refractivity contribution in [2.75, 3.05) is 31.1 Å². The van der Waals surface area contributed by atoms with Crippen LogP contribution in [-0.2, 0) is 6.54 Å². The van der Waals surface area contributed by atoms with Gasteiger partial charge in [0.25, 0.3) is 0 Å². The predicted molar refractivity (Wildman–Crippen MR) is 137 cm³/mol. The molecule has 6 rings (SSSR count). The molecule has 1 saturated heterocycles. The van der Waals surface area contributed by atoms with Gasteiger partial charge < -0.3 is 10.0 Å². The van der Waals surface area contributed by atoms with Gasteiger partial charge in [0.2, 0.25) is 0 Å². The zero-order valence-electron chi connectivity index (χ0n) is 19.4. The number of hydrogen-bond acceptors (Lipinski definition) is 8. The number of piperazine rings is 1. The van der Waals surface area contributed by atoms with E-state index < -0.39 is 0 Å². The number of halogens is 1. The van der Waals surface area contributed by atoms with E-state index in [1.807, 2.05) is 30.3 Å². The largest absolute Gasteiger partial charge is 0.508 e. The molecule has 3 aromatic carbocycles. The van der Waals surface area contributed by atoms with E-state index in [1.54, 1.807) is 40.3 Å². The van der Waals surface area contributed by atoms with E-state index in [1.165, 1.54) is 16.8 Å². The molecular formula is C26H24FN7OS. The highest BCUT2D eigenvalue weighted by Crippen LogP contribution is 2.33. The summed E-state index contributed by atoms with van der Waals surface area (Å²) in [6.45, 7) is 3.68. The molecule has 5 aromatic rings. The highest BCUT2D eigenvalue weighted by atomic mass is 32.1. The van der Waals surface area contributed by atoms with Gasteiger partial charge in [0, 0.05) is 26.2 Å². The number of para-hydroxylation sites is 1. The van der Waals surface area contributed by atoms with Crippen LogP contribution in [0, 0.1) is 5.82 Å². The lowest BCUT2D eigenvalue weighted by Crippen LogP contribution is -2.48. The molecule has 0 saturated carbocycles. The molecule has 8 nitrogen and oxygen atoms in total. The first-order valence-corrected chi connectivity index (χ1v) is 12.6. The van der Waals surface area contributed by atoms with Crippen molar-refractivity contribution in [1.82, 2.24) is 30.1 Å². The van der Waals surface area contributed by atoms with Gasteiger partial charge in [-0.15, -0.1) is 5.10 Å². The van der Waals surface area contributed by atoms with Gasteiger partial charge in [0.05, 0.1) is 22.8 Å². The Bertz CT molecular complexity index is 1430. The van der Waals surface area contributed by atoms with Crippen LogP contribution in [0.3, 0.4) is 0 Å². The Labute approximate surface area is 211 Å². The maximum atomic E-state index is 13.4. The summed E-state index contributed by atoms with van der Waals surface area (Å²) in [7, 11) is 0. The lowest BCUT2D eigenvalue weighted by molar-refractivity contribution is 0.201. The normalized spacial score (nSPS) is 15.4. The Morgan fingerprint density at radius 3 is 2.42 bits per heavy atom. The number of thiazole rings is 1. The van der Waals surface area contributed by atoms with Crippen molar-refractivity contribution in [3.8, 4) is 5.75 Å². The Hall–Kier alpha value is -3.89. The third-order valence-corrected chi connectivity index (χ3v) is 7.59. The molecule has 1 fully saturated rings. The van der Waals surface area contributed by atoms with Crippen LogP contribution in [0.15, 0.2) is 72.8 Å². The molecule has 2 aromatic heterocycles. The predicted octanol–water partition coefficient (Wildman–Crippen LogP) is 4.09. The number of tetrazole rings is 1. The topological polar surface area (TPSA) is 83.2 Å². The zero-order chi connectivity index (χ0) is 24.5. The SMILES string of the molecule is Oc1ccc([C@@H](c2nnnn2Cc2ccc(F)cc2)N2CCN(c3nc4ccccc4s3)CC2)cc1. The second-order valence-electron chi connectivity index (χ2n) is 8.80. The zero-order valence-corrected chi connectivity index (χ0v) is 20.2. The number of phenolic OH excluding ortho intramolecular Hbond substituents is 1. The van der Waals surface area contributed by atoms with Gasteiger partial charge in [-0.25, -0.2) is 14.1 Å². The fraction of sp³-hybridized carbons (Fsp3) is 0.231. The second kappa shape index (κ2) is 9.63. The van der Waals surface area contributed by atoms with Crippen LogP contribution in [0.4, 0.5) is 9.52 Å². The second-order valence-corrected chi connectivity index (χ2v) is 9.81. The average molecular weight is 502 g/mol. The molecule has 0 radical (unpaired) electrons. The molecule has 182 valence electrons. The smallest absolute Gasteiger partial charge is 0.186 e. The van der Waals surface area contributed by atoms with Crippen molar-refractivity contribution in [1.29, 1.82) is 0 Å². The molecule has 1 aliphatic heterocycles. The van der Waals surface area contributed by atoms with Crippen LogP contribution >= 0.6 is 11.3 Å². The van der Waals surface area contributed by atoms with Crippen molar-refractivity contribution in [3.63, 3.8) is 0 Å². The average Bonchev–Trinajstić information content (AvgIpc) is 3.54. The van der Waals surface area contributed by atoms with E-state index in [-0.39, 0.29) is 17.6 Å². The first kappa shape index (κ1) is 22.6. The highest BCUT2D eigenvalue weighted by molar-refractivity contribution is 7.22. The van der Waals surface area contributed by atoms with Crippen molar-refractivity contribution in [2.45, 2.75) is 12.6 Å². The molecule has 1 N–H and O–H groups in total. The van der Waals surface area contributed by atoms with E-state index in [4.69, 9.17) is 4.98 Å². The Kier molecular flexibility index (Phi) is 6.04. The van der Waals surface area contributed by atoms with E-state index in [0.29, 0.717) is 12.4 Å². The maximum absolute atomic E-state index is 13.4. The number of aromatic hydroxyl groups is 1. The number of anilines is 1. The molecule has 0 spiro atoms. The van der Waals surface area contributed by atoms with E-state index in [2.05, 4.69) is 31.4 Å². The summed E-state index contributed by atoms with van der Waals surface area (Å²) in [6.07, 6.45) is 0. The quantitative estimate of drug-likeness (QED) is 0.375. The number of rotatable bonds is 6. The van der Waals surface area contributed by atoms with Gasteiger partial charge in [0.1, 0.15) is 11.6 Å².